The minimum absolute atomic E-state index is 0.0513. The van der Waals surface area contributed by atoms with Gasteiger partial charge in [0.15, 0.2) is 0 Å². The molecule has 1 amide bonds. The Kier molecular flexibility index (Phi) is 5.10. The first-order valence-corrected chi connectivity index (χ1v) is 7.61. The van der Waals surface area contributed by atoms with Crippen molar-refractivity contribution in [3.05, 3.63) is 59.1 Å². The number of hydrogen-bond donors (Lipinski definition) is 1. The second-order valence-corrected chi connectivity index (χ2v) is 6.37. The van der Waals surface area contributed by atoms with Gasteiger partial charge in [-0.3, -0.25) is 4.79 Å². The van der Waals surface area contributed by atoms with Crippen LogP contribution in [0.1, 0.15) is 12.5 Å². The highest BCUT2D eigenvalue weighted by molar-refractivity contribution is 8.00. The van der Waals surface area contributed by atoms with Gasteiger partial charge in [-0.25, -0.2) is 0 Å². The van der Waals surface area contributed by atoms with E-state index in [1.54, 1.807) is 0 Å². The molecule has 0 fully saturated rings. The molecule has 0 aliphatic rings. The number of aryl methyl sites for hydroxylation is 1. The van der Waals surface area contributed by atoms with Gasteiger partial charge in [-0.05, 0) is 43.7 Å². The lowest BCUT2D eigenvalue weighted by Crippen LogP contribution is -2.22. The number of hydrogen-bond acceptors (Lipinski definition) is 2. The molecule has 0 spiro atoms. The van der Waals surface area contributed by atoms with Crippen molar-refractivity contribution in [2.45, 2.75) is 24.0 Å². The van der Waals surface area contributed by atoms with E-state index in [4.69, 9.17) is 11.6 Å². The highest BCUT2D eigenvalue weighted by Crippen LogP contribution is 2.26. The molecule has 104 valence electrons. The van der Waals surface area contributed by atoms with E-state index >= 15 is 0 Å². The van der Waals surface area contributed by atoms with Crippen molar-refractivity contribution in [3.63, 3.8) is 0 Å². The zero-order valence-electron chi connectivity index (χ0n) is 11.4. The summed E-state index contributed by atoms with van der Waals surface area (Å²) in [6, 6.07) is 15.5. The molecule has 0 bridgehead atoms. The standard InChI is InChI=1S/C16H16ClNOS/c1-11-8-9-15(14(17)10-11)18-16(19)12(2)20-13-6-4-3-5-7-13/h3-10,12H,1-2H3,(H,18,19). The van der Waals surface area contributed by atoms with E-state index < -0.39 is 0 Å². The molecular formula is C16H16ClNOS. The van der Waals surface area contributed by atoms with Crippen molar-refractivity contribution in [3.8, 4) is 0 Å². The summed E-state index contributed by atoms with van der Waals surface area (Å²) in [7, 11) is 0. The van der Waals surface area contributed by atoms with Crippen LogP contribution in [0, 0.1) is 6.92 Å². The molecule has 20 heavy (non-hydrogen) atoms. The Hall–Kier alpha value is -1.45. The summed E-state index contributed by atoms with van der Waals surface area (Å²) in [5, 5.41) is 3.25. The normalized spacial score (nSPS) is 11.9. The number of halogens is 1. The molecule has 0 aliphatic heterocycles. The monoisotopic (exact) mass is 305 g/mol. The first kappa shape index (κ1) is 14.9. The molecule has 0 aromatic heterocycles. The van der Waals surface area contributed by atoms with Crippen molar-refractivity contribution >= 4 is 35.0 Å². The molecule has 1 N–H and O–H groups in total. The van der Waals surface area contributed by atoms with E-state index in [1.807, 2.05) is 62.4 Å². The second-order valence-electron chi connectivity index (χ2n) is 4.55. The Morgan fingerprint density at radius 3 is 2.55 bits per heavy atom. The molecule has 0 saturated carbocycles. The molecule has 2 aromatic carbocycles. The van der Waals surface area contributed by atoms with Gasteiger partial charge in [-0.1, -0.05) is 35.9 Å². The third-order valence-corrected chi connectivity index (χ3v) is 4.23. The lowest BCUT2D eigenvalue weighted by atomic mass is 10.2. The highest BCUT2D eigenvalue weighted by Gasteiger charge is 2.15. The van der Waals surface area contributed by atoms with Crippen LogP contribution < -0.4 is 5.32 Å². The van der Waals surface area contributed by atoms with Crippen molar-refractivity contribution in [2.75, 3.05) is 5.32 Å². The Labute approximate surface area is 128 Å². The van der Waals surface area contributed by atoms with Crippen molar-refractivity contribution in [2.24, 2.45) is 0 Å². The molecule has 1 atom stereocenters. The number of nitrogens with one attached hydrogen (secondary N) is 1. The molecule has 2 aromatic rings. The minimum Gasteiger partial charge on any atom is -0.324 e. The molecule has 0 saturated heterocycles. The molecule has 0 heterocycles. The fourth-order valence-electron chi connectivity index (χ4n) is 1.71. The van der Waals surface area contributed by atoms with Gasteiger partial charge in [0.1, 0.15) is 0 Å². The third kappa shape index (κ3) is 4.02. The van der Waals surface area contributed by atoms with Crippen LogP contribution in [0.25, 0.3) is 0 Å². The summed E-state index contributed by atoms with van der Waals surface area (Å²) >= 11 is 7.64. The van der Waals surface area contributed by atoms with E-state index in [1.165, 1.54) is 11.8 Å². The van der Waals surface area contributed by atoms with Gasteiger partial charge in [0, 0.05) is 4.90 Å². The van der Waals surface area contributed by atoms with E-state index in [2.05, 4.69) is 5.32 Å². The van der Waals surface area contributed by atoms with E-state index in [0.29, 0.717) is 10.7 Å². The summed E-state index contributed by atoms with van der Waals surface area (Å²) < 4.78 is 0. The molecule has 4 heteroatoms. The van der Waals surface area contributed by atoms with Gasteiger partial charge in [0.25, 0.3) is 0 Å². The van der Waals surface area contributed by atoms with Crippen LogP contribution in [-0.2, 0) is 4.79 Å². The molecule has 2 nitrogen and oxygen atoms in total. The maximum Gasteiger partial charge on any atom is 0.237 e. The summed E-state index contributed by atoms with van der Waals surface area (Å²) in [6.45, 7) is 3.85. The van der Waals surface area contributed by atoms with Crippen LogP contribution in [0.5, 0.6) is 0 Å². The lowest BCUT2D eigenvalue weighted by Gasteiger charge is -2.13. The maximum absolute atomic E-state index is 12.2. The maximum atomic E-state index is 12.2. The predicted octanol–water partition coefficient (Wildman–Crippen LogP) is 4.77. The number of benzene rings is 2. The second kappa shape index (κ2) is 6.82. The van der Waals surface area contributed by atoms with Crippen molar-refractivity contribution in [1.29, 1.82) is 0 Å². The van der Waals surface area contributed by atoms with Crippen LogP contribution in [-0.4, -0.2) is 11.2 Å². The SMILES string of the molecule is Cc1ccc(NC(=O)C(C)Sc2ccccc2)c(Cl)c1. The van der Waals surface area contributed by atoms with Gasteiger partial charge in [0.05, 0.1) is 16.0 Å². The number of rotatable bonds is 4. The zero-order valence-corrected chi connectivity index (χ0v) is 13.0. The molecule has 1 unspecified atom stereocenters. The Bertz CT molecular complexity index is 601. The summed E-state index contributed by atoms with van der Waals surface area (Å²) in [5.74, 6) is -0.0513. The smallest absolute Gasteiger partial charge is 0.237 e. The molecule has 0 aliphatic carbocycles. The summed E-state index contributed by atoms with van der Waals surface area (Å²) in [5.41, 5.74) is 1.72. The van der Waals surface area contributed by atoms with Crippen molar-refractivity contribution in [1.82, 2.24) is 0 Å². The fourth-order valence-corrected chi connectivity index (χ4v) is 2.88. The summed E-state index contributed by atoms with van der Waals surface area (Å²) in [6.07, 6.45) is 0. The number of carbonyl (C=O) groups excluding carboxylic acids is 1. The van der Waals surface area contributed by atoms with E-state index in [9.17, 15) is 4.79 Å². The summed E-state index contributed by atoms with van der Waals surface area (Å²) in [4.78, 5) is 13.2. The number of amides is 1. The van der Waals surface area contributed by atoms with E-state index in [-0.39, 0.29) is 11.2 Å². The van der Waals surface area contributed by atoms with Crippen LogP contribution in [0.3, 0.4) is 0 Å². The average Bonchev–Trinajstić information content (AvgIpc) is 2.43. The first-order valence-electron chi connectivity index (χ1n) is 6.35. The first-order chi connectivity index (χ1) is 9.56. The highest BCUT2D eigenvalue weighted by atomic mass is 35.5. The van der Waals surface area contributed by atoms with Gasteiger partial charge < -0.3 is 5.32 Å². The van der Waals surface area contributed by atoms with E-state index in [0.717, 1.165) is 10.5 Å². The average molecular weight is 306 g/mol. The third-order valence-electron chi connectivity index (χ3n) is 2.81. The number of carbonyl (C=O) groups is 1. The molecule has 0 radical (unpaired) electrons. The van der Waals surface area contributed by atoms with Crippen LogP contribution in [0.2, 0.25) is 5.02 Å². The van der Waals surface area contributed by atoms with Crippen LogP contribution >= 0.6 is 23.4 Å². The topological polar surface area (TPSA) is 29.1 Å². The Balaban J connectivity index is 2.01. The minimum atomic E-state index is -0.185. The van der Waals surface area contributed by atoms with Crippen molar-refractivity contribution < 1.29 is 4.79 Å². The van der Waals surface area contributed by atoms with Gasteiger partial charge in [-0.15, -0.1) is 11.8 Å². The number of anilines is 1. The fraction of sp³-hybridized carbons (Fsp3) is 0.188. The zero-order chi connectivity index (χ0) is 14.5. The molecular weight excluding hydrogens is 290 g/mol. The Morgan fingerprint density at radius 1 is 1.20 bits per heavy atom. The quantitative estimate of drug-likeness (QED) is 0.825. The number of thioether (sulfide) groups is 1. The largest absolute Gasteiger partial charge is 0.324 e. The molecule has 2 rings (SSSR count). The predicted molar refractivity (Wildman–Crippen MR) is 86.6 cm³/mol. The Morgan fingerprint density at radius 2 is 1.90 bits per heavy atom. The van der Waals surface area contributed by atoms with Gasteiger partial charge >= 0.3 is 0 Å². The van der Waals surface area contributed by atoms with Gasteiger partial charge in [-0.2, -0.15) is 0 Å². The van der Waals surface area contributed by atoms with Crippen LogP contribution in [0.4, 0.5) is 5.69 Å². The van der Waals surface area contributed by atoms with Gasteiger partial charge in [0.2, 0.25) is 5.91 Å². The van der Waals surface area contributed by atoms with Crippen LogP contribution in [0.15, 0.2) is 53.4 Å². The lowest BCUT2D eigenvalue weighted by molar-refractivity contribution is -0.115.